The Hall–Kier alpha value is -1.21. The van der Waals surface area contributed by atoms with Crippen LogP contribution in [0.3, 0.4) is 0 Å². The van der Waals surface area contributed by atoms with E-state index in [1.807, 2.05) is 12.1 Å². The van der Waals surface area contributed by atoms with E-state index in [1.165, 1.54) is 11.8 Å². The van der Waals surface area contributed by atoms with Crippen molar-refractivity contribution in [1.29, 1.82) is 0 Å². The van der Waals surface area contributed by atoms with Gasteiger partial charge < -0.3 is 17.2 Å². The van der Waals surface area contributed by atoms with Crippen LogP contribution in [0.25, 0.3) is 0 Å². The molecule has 8 heteroatoms. The highest BCUT2D eigenvalue weighted by Gasteiger charge is 2.25. The molecule has 1 heterocycles. The molecule has 1 aromatic carbocycles. The number of rotatable bonds is 3. The first-order valence-electron chi connectivity index (χ1n) is 7.76. The van der Waals surface area contributed by atoms with Gasteiger partial charge in [-0.25, -0.2) is 9.97 Å². The van der Waals surface area contributed by atoms with Crippen molar-refractivity contribution in [2.75, 3.05) is 11.5 Å². The second kappa shape index (κ2) is 7.35. The number of hydrogen-bond acceptors (Lipinski definition) is 6. The van der Waals surface area contributed by atoms with Crippen LogP contribution in [0, 0.1) is 0 Å². The molecule has 1 fully saturated rings. The van der Waals surface area contributed by atoms with E-state index in [0.717, 1.165) is 36.3 Å². The maximum Gasteiger partial charge on any atom is 0.158 e. The zero-order chi connectivity index (χ0) is 17.3. The molecule has 0 amide bonds. The normalized spacial score (nSPS) is 21.0. The predicted octanol–water partition coefficient (Wildman–Crippen LogP) is 4.08. The topological polar surface area (TPSA) is 104 Å². The highest BCUT2D eigenvalue weighted by Crippen LogP contribution is 2.40. The zero-order valence-electron chi connectivity index (χ0n) is 13.0. The van der Waals surface area contributed by atoms with E-state index in [0.29, 0.717) is 26.7 Å². The molecule has 24 heavy (non-hydrogen) atoms. The summed E-state index contributed by atoms with van der Waals surface area (Å²) < 4.78 is 0. The maximum atomic E-state index is 6.25. The van der Waals surface area contributed by atoms with Crippen molar-refractivity contribution in [3.63, 3.8) is 0 Å². The smallest absolute Gasteiger partial charge is 0.158 e. The lowest BCUT2D eigenvalue weighted by Gasteiger charge is -2.26. The summed E-state index contributed by atoms with van der Waals surface area (Å²) in [7, 11) is 0. The maximum absolute atomic E-state index is 6.25. The highest BCUT2D eigenvalue weighted by molar-refractivity contribution is 7.99. The van der Waals surface area contributed by atoms with Crippen LogP contribution in [-0.2, 0) is 0 Å². The van der Waals surface area contributed by atoms with E-state index in [1.54, 1.807) is 6.07 Å². The lowest BCUT2D eigenvalue weighted by molar-refractivity contribution is 0.390. The van der Waals surface area contributed by atoms with Crippen molar-refractivity contribution in [3.05, 3.63) is 33.9 Å². The van der Waals surface area contributed by atoms with Gasteiger partial charge in [0.05, 0.1) is 15.7 Å². The second-order valence-electron chi connectivity index (χ2n) is 5.95. The molecule has 0 radical (unpaired) electrons. The molecule has 0 saturated heterocycles. The molecule has 1 aliphatic carbocycles. The van der Waals surface area contributed by atoms with Gasteiger partial charge in [-0.3, -0.25) is 0 Å². The number of hydrogen-bond donors (Lipinski definition) is 3. The Labute approximate surface area is 155 Å². The molecule has 6 N–H and O–H groups in total. The summed E-state index contributed by atoms with van der Waals surface area (Å²) in [6, 6.07) is 5.71. The molecular weight excluding hydrogens is 365 g/mol. The number of nitrogens with two attached hydrogens (primary N) is 3. The van der Waals surface area contributed by atoms with Crippen molar-refractivity contribution in [2.45, 2.75) is 47.6 Å². The van der Waals surface area contributed by atoms with Gasteiger partial charge in [0, 0.05) is 16.9 Å². The zero-order valence-corrected chi connectivity index (χ0v) is 15.3. The summed E-state index contributed by atoms with van der Waals surface area (Å²) in [5, 5.41) is 1.57. The van der Waals surface area contributed by atoms with Crippen molar-refractivity contribution in [1.82, 2.24) is 9.97 Å². The minimum absolute atomic E-state index is 0.267. The summed E-state index contributed by atoms with van der Waals surface area (Å²) in [4.78, 5) is 9.76. The average Bonchev–Trinajstić information content (AvgIpc) is 2.55. The fraction of sp³-hybridized carbons (Fsp3) is 0.375. The average molecular weight is 384 g/mol. The second-order valence-corrected chi connectivity index (χ2v) is 7.77. The van der Waals surface area contributed by atoms with Gasteiger partial charge in [-0.1, -0.05) is 41.0 Å². The SMILES string of the molecule is Nc1nc(N)c(C2CCC(N)CC2)nc1Sc1cccc(Cl)c1Cl. The number of halogens is 2. The Morgan fingerprint density at radius 3 is 2.42 bits per heavy atom. The molecule has 0 aliphatic heterocycles. The van der Waals surface area contributed by atoms with Crippen LogP contribution in [0.15, 0.2) is 28.1 Å². The molecule has 128 valence electrons. The van der Waals surface area contributed by atoms with Crippen LogP contribution >= 0.6 is 35.0 Å². The van der Waals surface area contributed by atoms with Gasteiger partial charge in [0.2, 0.25) is 0 Å². The highest BCUT2D eigenvalue weighted by atomic mass is 35.5. The number of nitrogen functional groups attached to an aromatic ring is 2. The Morgan fingerprint density at radius 2 is 1.71 bits per heavy atom. The van der Waals surface area contributed by atoms with Crippen molar-refractivity contribution in [3.8, 4) is 0 Å². The van der Waals surface area contributed by atoms with Crippen molar-refractivity contribution < 1.29 is 0 Å². The summed E-state index contributed by atoms with van der Waals surface area (Å²) in [5.74, 6) is 0.964. The molecule has 1 saturated carbocycles. The quantitative estimate of drug-likeness (QED) is 0.737. The van der Waals surface area contributed by atoms with Crippen LogP contribution in [0.4, 0.5) is 11.6 Å². The van der Waals surface area contributed by atoms with Gasteiger partial charge in [-0.2, -0.15) is 0 Å². The minimum atomic E-state index is 0.267. The number of anilines is 2. The fourth-order valence-electron chi connectivity index (χ4n) is 2.89. The predicted molar refractivity (Wildman–Crippen MR) is 101 cm³/mol. The molecule has 0 atom stereocenters. The summed E-state index contributed by atoms with van der Waals surface area (Å²) in [6.45, 7) is 0. The van der Waals surface area contributed by atoms with Gasteiger partial charge in [0.1, 0.15) is 10.8 Å². The lowest BCUT2D eigenvalue weighted by Crippen LogP contribution is -2.26. The van der Waals surface area contributed by atoms with Gasteiger partial charge in [-0.15, -0.1) is 0 Å². The molecule has 2 aromatic rings. The molecule has 1 aliphatic rings. The summed E-state index contributed by atoms with van der Waals surface area (Å²) in [6.07, 6.45) is 3.87. The monoisotopic (exact) mass is 383 g/mol. The number of benzene rings is 1. The first-order valence-corrected chi connectivity index (χ1v) is 9.33. The molecule has 3 rings (SSSR count). The Balaban J connectivity index is 1.91. The summed E-state index contributed by atoms with van der Waals surface area (Å²) in [5.41, 5.74) is 18.9. The molecule has 0 unspecified atom stereocenters. The number of aromatic nitrogens is 2. The minimum Gasteiger partial charge on any atom is -0.382 e. The largest absolute Gasteiger partial charge is 0.382 e. The Kier molecular flexibility index (Phi) is 5.39. The first kappa shape index (κ1) is 17.6. The van der Waals surface area contributed by atoms with Crippen LogP contribution in [0.5, 0.6) is 0 Å². The van der Waals surface area contributed by atoms with Crippen molar-refractivity contribution in [2.24, 2.45) is 5.73 Å². The summed E-state index contributed by atoms with van der Waals surface area (Å²) >= 11 is 13.7. The van der Waals surface area contributed by atoms with E-state index in [2.05, 4.69) is 4.98 Å². The Morgan fingerprint density at radius 1 is 1.00 bits per heavy atom. The standard InChI is InChI=1S/C16H19Cl2N5S/c17-10-2-1-3-11(12(10)18)24-16-15(21)23-14(20)13(22-16)8-4-6-9(19)7-5-8/h1-3,8-9H,4-7,19H2,(H4,20,21,23). The number of nitrogens with zero attached hydrogens (tertiary/aromatic N) is 2. The lowest BCUT2D eigenvalue weighted by atomic mass is 9.84. The molecule has 0 spiro atoms. The van der Waals surface area contributed by atoms with Gasteiger partial charge in [0.25, 0.3) is 0 Å². The van der Waals surface area contributed by atoms with Crippen LogP contribution in [0.2, 0.25) is 10.0 Å². The molecule has 1 aromatic heterocycles. The van der Waals surface area contributed by atoms with Crippen molar-refractivity contribution >= 4 is 46.6 Å². The fourth-order valence-corrected chi connectivity index (χ4v) is 4.21. The molecule has 5 nitrogen and oxygen atoms in total. The van der Waals surface area contributed by atoms with E-state index in [-0.39, 0.29) is 12.0 Å². The van der Waals surface area contributed by atoms with Gasteiger partial charge in [-0.05, 0) is 37.8 Å². The third kappa shape index (κ3) is 3.72. The van der Waals surface area contributed by atoms with E-state index < -0.39 is 0 Å². The molecule has 0 bridgehead atoms. The van der Waals surface area contributed by atoms with E-state index in [9.17, 15) is 0 Å². The Bertz CT molecular complexity index is 747. The van der Waals surface area contributed by atoms with Gasteiger partial charge >= 0.3 is 0 Å². The van der Waals surface area contributed by atoms with E-state index in [4.69, 9.17) is 45.4 Å². The third-order valence-electron chi connectivity index (χ3n) is 4.23. The van der Waals surface area contributed by atoms with Crippen LogP contribution in [-0.4, -0.2) is 16.0 Å². The molecular formula is C16H19Cl2N5S. The third-order valence-corrected chi connectivity index (χ3v) is 6.21. The van der Waals surface area contributed by atoms with E-state index >= 15 is 0 Å². The van der Waals surface area contributed by atoms with Gasteiger partial charge in [0.15, 0.2) is 5.82 Å². The van der Waals surface area contributed by atoms with Crippen LogP contribution < -0.4 is 17.2 Å². The van der Waals surface area contributed by atoms with Crippen LogP contribution in [0.1, 0.15) is 37.3 Å². The first-order chi connectivity index (χ1) is 11.5.